The van der Waals surface area contributed by atoms with Gasteiger partial charge in [0.05, 0.1) is 24.9 Å². The lowest BCUT2D eigenvalue weighted by atomic mass is 10.0. The zero-order valence-electron chi connectivity index (χ0n) is 13.2. The van der Waals surface area contributed by atoms with Crippen LogP contribution in [0.4, 0.5) is 0 Å². The van der Waals surface area contributed by atoms with Crippen LogP contribution in [0.15, 0.2) is 54.6 Å². The van der Waals surface area contributed by atoms with Gasteiger partial charge in [-0.15, -0.1) is 0 Å². The summed E-state index contributed by atoms with van der Waals surface area (Å²) in [5.41, 5.74) is 3.42. The molecule has 0 radical (unpaired) electrons. The van der Waals surface area contributed by atoms with Gasteiger partial charge in [0.2, 0.25) is 0 Å². The van der Waals surface area contributed by atoms with Crippen molar-refractivity contribution in [2.24, 2.45) is 0 Å². The number of hydrogen-bond acceptors (Lipinski definition) is 4. The average Bonchev–Trinajstić information content (AvgIpc) is 2.80. The van der Waals surface area contributed by atoms with Crippen molar-refractivity contribution in [3.63, 3.8) is 0 Å². The van der Waals surface area contributed by atoms with Crippen LogP contribution < -0.4 is 0 Å². The van der Waals surface area contributed by atoms with Crippen LogP contribution in [0, 0.1) is 0 Å². The molecule has 23 heavy (non-hydrogen) atoms. The first-order valence-corrected chi connectivity index (χ1v) is 7.99. The number of nitrogens with zero attached hydrogens (tertiary/aromatic N) is 1. The van der Waals surface area contributed by atoms with E-state index in [0.29, 0.717) is 6.54 Å². The molecule has 2 aromatic rings. The minimum Gasteiger partial charge on any atom is -0.395 e. The summed E-state index contributed by atoms with van der Waals surface area (Å²) >= 11 is 0. The second-order valence-corrected chi connectivity index (χ2v) is 6.21. The summed E-state index contributed by atoms with van der Waals surface area (Å²) in [4.78, 5) is 1.97. The highest BCUT2D eigenvalue weighted by Gasteiger charge is 2.44. The highest BCUT2D eigenvalue weighted by Crippen LogP contribution is 2.27. The molecule has 4 nitrogen and oxygen atoms in total. The van der Waals surface area contributed by atoms with Crippen molar-refractivity contribution in [2.45, 2.75) is 37.8 Å². The first-order chi connectivity index (χ1) is 11.1. The van der Waals surface area contributed by atoms with Crippen molar-refractivity contribution in [2.75, 3.05) is 6.61 Å². The Morgan fingerprint density at radius 2 is 1.48 bits per heavy atom. The van der Waals surface area contributed by atoms with E-state index in [2.05, 4.69) is 36.4 Å². The smallest absolute Gasteiger partial charge is 0.0991 e. The van der Waals surface area contributed by atoms with Crippen LogP contribution >= 0.6 is 0 Å². The van der Waals surface area contributed by atoms with Gasteiger partial charge in [-0.05, 0) is 23.6 Å². The third-order valence-electron chi connectivity index (χ3n) is 4.80. The van der Waals surface area contributed by atoms with Crippen molar-refractivity contribution in [1.29, 1.82) is 0 Å². The van der Waals surface area contributed by atoms with Crippen LogP contribution in [-0.2, 0) is 6.54 Å². The summed E-state index contributed by atoms with van der Waals surface area (Å²) in [5, 5.41) is 29.5. The summed E-state index contributed by atoms with van der Waals surface area (Å²) in [6, 6.07) is 17.8. The lowest BCUT2D eigenvalue weighted by Crippen LogP contribution is -2.40. The van der Waals surface area contributed by atoms with Crippen LogP contribution in [0.25, 0.3) is 11.1 Å². The Balaban J connectivity index is 1.76. The summed E-state index contributed by atoms with van der Waals surface area (Å²) in [7, 11) is 0. The normalized spacial score (nSPS) is 28.2. The van der Waals surface area contributed by atoms with Gasteiger partial charge in [-0.2, -0.15) is 0 Å². The highest BCUT2D eigenvalue weighted by molar-refractivity contribution is 5.63. The van der Waals surface area contributed by atoms with Crippen molar-refractivity contribution in [3.8, 4) is 11.1 Å². The molecule has 0 amide bonds. The maximum atomic E-state index is 10.0. The van der Waals surface area contributed by atoms with Gasteiger partial charge in [-0.1, -0.05) is 54.6 Å². The Hall–Kier alpha value is -1.72. The minimum atomic E-state index is -0.904. The number of likely N-dealkylation sites (tertiary alicyclic amines) is 1. The largest absolute Gasteiger partial charge is 0.395 e. The van der Waals surface area contributed by atoms with Crippen LogP contribution in [0.5, 0.6) is 0 Å². The SMILES string of the molecule is C[C@H]1[C@H](O)[C@H](O)[C@@H](CO)N1Cc1ccc(-c2ccccc2)cc1. The molecular formula is C19H23NO3. The van der Waals surface area contributed by atoms with Gasteiger partial charge in [0.15, 0.2) is 0 Å². The predicted molar refractivity (Wildman–Crippen MR) is 89.8 cm³/mol. The fourth-order valence-corrected chi connectivity index (χ4v) is 3.33. The zero-order valence-corrected chi connectivity index (χ0v) is 13.2. The first kappa shape index (κ1) is 16.1. The number of rotatable bonds is 4. The van der Waals surface area contributed by atoms with E-state index in [1.165, 1.54) is 5.56 Å². The van der Waals surface area contributed by atoms with Gasteiger partial charge in [0, 0.05) is 12.6 Å². The molecule has 3 N–H and O–H groups in total. The van der Waals surface area contributed by atoms with E-state index in [9.17, 15) is 15.3 Å². The first-order valence-electron chi connectivity index (χ1n) is 7.99. The molecule has 0 aromatic heterocycles. The topological polar surface area (TPSA) is 63.9 Å². The molecule has 1 aliphatic heterocycles. The maximum absolute atomic E-state index is 10.0. The molecule has 0 saturated carbocycles. The van der Waals surface area contributed by atoms with Gasteiger partial charge in [-0.3, -0.25) is 4.90 Å². The minimum absolute atomic E-state index is 0.162. The van der Waals surface area contributed by atoms with E-state index in [-0.39, 0.29) is 12.6 Å². The second-order valence-electron chi connectivity index (χ2n) is 6.21. The van der Waals surface area contributed by atoms with E-state index in [1.54, 1.807) is 0 Å². The molecule has 4 heteroatoms. The lowest BCUT2D eigenvalue weighted by molar-refractivity contribution is 0.0186. The van der Waals surface area contributed by atoms with Crippen molar-refractivity contribution in [3.05, 3.63) is 60.2 Å². The van der Waals surface area contributed by atoms with Crippen LogP contribution in [0.1, 0.15) is 12.5 Å². The van der Waals surface area contributed by atoms with Gasteiger partial charge in [-0.25, -0.2) is 0 Å². The molecule has 1 fully saturated rings. The summed E-state index contributed by atoms with van der Waals surface area (Å²) in [6.45, 7) is 2.31. The molecule has 2 aromatic carbocycles. The fraction of sp³-hybridized carbons (Fsp3) is 0.368. The van der Waals surface area contributed by atoms with E-state index in [0.717, 1.165) is 11.1 Å². The maximum Gasteiger partial charge on any atom is 0.0991 e. The molecule has 0 unspecified atom stereocenters. The fourth-order valence-electron chi connectivity index (χ4n) is 3.33. The molecule has 0 aliphatic carbocycles. The molecule has 0 spiro atoms. The highest BCUT2D eigenvalue weighted by atomic mass is 16.3. The Morgan fingerprint density at radius 3 is 2.09 bits per heavy atom. The molecule has 3 rings (SSSR count). The second kappa shape index (κ2) is 6.81. The van der Waals surface area contributed by atoms with E-state index >= 15 is 0 Å². The van der Waals surface area contributed by atoms with Gasteiger partial charge in [0.1, 0.15) is 0 Å². The van der Waals surface area contributed by atoms with E-state index in [1.807, 2.05) is 30.0 Å². The summed E-state index contributed by atoms with van der Waals surface area (Å²) in [5.74, 6) is 0. The Bertz CT molecular complexity index is 629. The van der Waals surface area contributed by atoms with E-state index in [4.69, 9.17) is 0 Å². The van der Waals surface area contributed by atoms with E-state index < -0.39 is 18.2 Å². The van der Waals surface area contributed by atoms with Crippen LogP contribution in [-0.4, -0.2) is 51.1 Å². The summed E-state index contributed by atoms with van der Waals surface area (Å²) in [6.07, 6.45) is -1.73. The average molecular weight is 313 g/mol. The van der Waals surface area contributed by atoms with Crippen molar-refractivity contribution < 1.29 is 15.3 Å². The van der Waals surface area contributed by atoms with Crippen LogP contribution in [0.3, 0.4) is 0 Å². The molecular weight excluding hydrogens is 290 g/mol. The summed E-state index contributed by atoms with van der Waals surface area (Å²) < 4.78 is 0. The zero-order chi connectivity index (χ0) is 16.4. The molecule has 1 aliphatic rings. The van der Waals surface area contributed by atoms with Gasteiger partial charge in [0.25, 0.3) is 0 Å². The standard InChI is InChI=1S/C19H23NO3/c1-13-18(22)19(23)17(12-21)20(13)11-14-7-9-16(10-8-14)15-5-3-2-4-6-15/h2-10,13,17-19,21-23H,11-12H2,1H3/t13-,17+,18-,19+/m0/s1. The number of aliphatic hydroxyl groups excluding tert-OH is 3. The Kier molecular flexibility index (Phi) is 4.78. The third kappa shape index (κ3) is 3.16. The Labute approximate surface area is 136 Å². The van der Waals surface area contributed by atoms with Gasteiger partial charge >= 0.3 is 0 Å². The third-order valence-corrected chi connectivity index (χ3v) is 4.80. The number of aliphatic hydroxyl groups is 3. The molecule has 1 heterocycles. The molecule has 0 bridgehead atoms. The predicted octanol–water partition coefficient (Wildman–Crippen LogP) is 1.64. The number of benzene rings is 2. The molecule has 4 atom stereocenters. The lowest BCUT2D eigenvalue weighted by Gasteiger charge is -2.27. The number of hydrogen-bond donors (Lipinski definition) is 3. The molecule has 1 saturated heterocycles. The Morgan fingerprint density at radius 1 is 0.870 bits per heavy atom. The van der Waals surface area contributed by atoms with Gasteiger partial charge < -0.3 is 15.3 Å². The quantitative estimate of drug-likeness (QED) is 0.803. The van der Waals surface area contributed by atoms with Crippen molar-refractivity contribution in [1.82, 2.24) is 4.90 Å². The van der Waals surface area contributed by atoms with Crippen molar-refractivity contribution >= 4 is 0 Å². The monoisotopic (exact) mass is 313 g/mol. The molecule has 122 valence electrons. The van der Waals surface area contributed by atoms with Crippen LogP contribution in [0.2, 0.25) is 0 Å².